The van der Waals surface area contributed by atoms with Crippen LogP contribution in [0.3, 0.4) is 0 Å². The molecule has 0 radical (unpaired) electrons. The SMILES string of the molecule is O=C(NC1CCCCC1C(=O)CBr)OCc1ccccc1. The van der Waals surface area contributed by atoms with E-state index >= 15 is 0 Å². The van der Waals surface area contributed by atoms with Crippen molar-refractivity contribution in [3.05, 3.63) is 35.9 Å². The van der Waals surface area contributed by atoms with Crippen molar-refractivity contribution in [2.75, 3.05) is 5.33 Å². The van der Waals surface area contributed by atoms with Gasteiger partial charge in [0.05, 0.1) is 5.33 Å². The Kier molecular flexibility index (Phi) is 6.23. The van der Waals surface area contributed by atoms with E-state index in [0.717, 1.165) is 31.2 Å². The fourth-order valence-electron chi connectivity index (χ4n) is 2.70. The molecule has 1 fully saturated rings. The second-order valence-corrected chi connectivity index (χ2v) is 5.86. The van der Waals surface area contributed by atoms with E-state index in [1.54, 1.807) is 0 Å². The third kappa shape index (κ3) is 4.84. The Morgan fingerprint density at radius 3 is 2.62 bits per heavy atom. The molecule has 0 spiro atoms. The maximum absolute atomic E-state index is 11.9. The number of carbonyl (C=O) groups excluding carboxylic acids is 2. The summed E-state index contributed by atoms with van der Waals surface area (Å²) in [7, 11) is 0. The first-order valence-electron chi connectivity index (χ1n) is 7.26. The van der Waals surface area contributed by atoms with Gasteiger partial charge in [0.1, 0.15) is 12.4 Å². The highest BCUT2D eigenvalue weighted by molar-refractivity contribution is 9.09. The standard InChI is InChI=1S/C16H20BrNO3/c17-10-15(19)13-8-4-5-9-14(13)18-16(20)21-11-12-6-2-1-3-7-12/h1-3,6-7,13-14H,4-5,8-11H2,(H,18,20). The highest BCUT2D eigenvalue weighted by Gasteiger charge is 2.31. The largest absolute Gasteiger partial charge is 0.445 e. The average molecular weight is 354 g/mol. The van der Waals surface area contributed by atoms with Crippen LogP contribution in [0.15, 0.2) is 30.3 Å². The summed E-state index contributed by atoms with van der Waals surface area (Å²) in [4.78, 5) is 23.8. The number of halogens is 1. The van der Waals surface area contributed by atoms with Crippen molar-refractivity contribution in [3.63, 3.8) is 0 Å². The summed E-state index contributed by atoms with van der Waals surface area (Å²) in [5.74, 6) is 0.0606. The number of alkyl carbamates (subject to hydrolysis) is 1. The van der Waals surface area contributed by atoms with Crippen molar-refractivity contribution < 1.29 is 14.3 Å². The van der Waals surface area contributed by atoms with Crippen LogP contribution in [0.2, 0.25) is 0 Å². The van der Waals surface area contributed by atoms with Gasteiger partial charge in [0.25, 0.3) is 0 Å². The van der Waals surface area contributed by atoms with E-state index in [2.05, 4.69) is 21.2 Å². The zero-order valence-electron chi connectivity index (χ0n) is 11.9. The Morgan fingerprint density at radius 2 is 1.90 bits per heavy atom. The Morgan fingerprint density at radius 1 is 1.19 bits per heavy atom. The minimum absolute atomic E-state index is 0.0950. The number of hydrogen-bond acceptors (Lipinski definition) is 3. The summed E-state index contributed by atoms with van der Waals surface area (Å²) in [6.45, 7) is 0.246. The Labute approximate surface area is 133 Å². The first-order chi connectivity index (χ1) is 10.2. The molecule has 1 aliphatic rings. The van der Waals surface area contributed by atoms with Gasteiger partial charge < -0.3 is 10.1 Å². The smallest absolute Gasteiger partial charge is 0.407 e. The molecule has 1 N–H and O–H groups in total. The maximum atomic E-state index is 11.9. The number of hydrogen-bond donors (Lipinski definition) is 1. The number of Topliss-reactive ketones (excluding diaryl/α,β-unsaturated/α-hetero) is 1. The number of carbonyl (C=O) groups is 2. The van der Waals surface area contributed by atoms with Crippen molar-refractivity contribution in [1.29, 1.82) is 0 Å². The van der Waals surface area contributed by atoms with Gasteiger partial charge in [-0.2, -0.15) is 0 Å². The number of benzene rings is 1. The normalized spacial score (nSPS) is 21.6. The van der Waals surface area contributed by atoms with E-state index in [9.17, 15) is 9.59 Å². The van der Waals surface area contributed by atoms with Gasteiger partial charge >= 0.3 is 6.09 Å². The van der Waals surface area contributed by atoms with Gasteiger partial charge in [0.15, 0.2) is 0 Å². The predicted molar refractivity (Wildman–Crippen MR) is 84.3 cm³/mol. The first kappa shape index (κ1) is 16.0. The maximum Gasteiger partial charge on any atom is 0.407 e. The molecular formula is C16H20BrNO3. The van der Waals surface area contributed by atoms with Crippen LogP contribution in [0.25, 0.3) is 0 Å². The van der Waals surface area contributed by atoms with Crippen LogP contribution in [0.1, 0.15) is 31.2 Å². The van der Waals surface area contributed by atoms with Crippen molar-refractivity contribution in [1.82, 2.24) is 5.32 Å². The van der Waals surface area contributed by atoms with E-state index in [1.165, 1.54) is 0 Å². The quantitative estimate of drug-likeness (QED) is 0.825. The lowest BCUT2D eigenvalue weighted by atomic mass is 9.82. The molecule has 21 heavy (non-hydrogen) atoms. The van der Waals surface area contributed by atoms with Crippen molar-refractivity contribution >= 4 is 27.8 Å². The lowest BCUT2D eigenvalue weighted by Crippen LogP contribution is -2.45. The molecule has 0 aromatic heterocycles. The summed E-state index contributed by atoms with van der Waals surface area (Å²) in [5, 5.41) is 3.19. The summed E-state index contributed by atoms with van der Waals surface area (Å²) in [5.41, 5.74) is 0.948. The minimum Gasteiger partial charge on any atom is -0.445 e. The summed E-state index contributed by atoms with van der Waals surface area (Å²) >= 11 is 3.21. The van der Waals surface area contributed by atoms with Gasteiger partial charge in [0.2, 0.25) is 0 Å². The molecular weight excluding hydrogens is 334 g/mol. The van der Waals surface area contributed by atoms with E-state index in [-0.39, 0.29) is 24.3 Å². The second kappa shape index (κ2) is 8.17. The van der Waals surface area contributed by atoms with Gasteiger partial charge in [-0.15, -0.1) is 0 Å². The highest BCUT2D eigenvalue weighted by atomic mass is 79.9. The van der Waals surface area contributed by atoms with E-state index in [0.29, 0.717) is 5.33 Å². The summed E-state index contributed by atoms with van der Waals surface area (Å²) in [6.07, 6.45) is 3.31. The Bertz CT molecular complexity index is 478. The van der Waals surface area contributed by atoms with Crippen LogP contribution < -0.4 is 5.32 Å². The molecule has 0 bridgehead atoms. The monoisotopic (exact) mass is 353 g/mol. The van der Waals surface area contributed by atoms with Crippen LogP contribution >= 0.6 is 15.9 Å². The van der Waals surface area contributed by atoms with Gasteiger partial charge in [0, 0.05) is 12.0 Å². The third-order valence-corrected chi connectivity index (χ3v) is 4.38. The van der Waals surface area contributed by atoms with Crippen molar-refractivity contribution in [2.24, 2.45) is 5.92 Å². The Hall–Kier alpha value is -1.36. The molecule has 0 aliphatic heterocycles. The molecule has 1 saturated carbocycles. The molecule has 2 unspecified atom stereocenters. The molecule has 4 nitrogen and oxygen atoms in total. The molecule has 2 atom stereocenters. The molecule has 0 heterocycles. The van der Waals surface area contributed by atoms with Gasteiger partial charge in [-0.3, -0.25) is 4.79 Å². The number of alkyl halides is 1. The van der Waals surface area contributed by atoms with E-state index in [4.69, 9.17) is 4.74 Å². The highest BCUT2D eigenvalue weighted by Crippen LogP contribution is 2.26. The number of ether oxygens (including phenoxy) is 1. The number of ketones is 1. The molecule has 5 heteroatoms. The summed E-state index contributed by atoms with van der Waals surface area (Å²) in [6, 6.07) is 9.44. The van der Waals surface area contributed by atoms with Gasteiger partial charge in [-0.25, -0.2) is 4.79 Å². The van der Waals surface area contributed by atoms with Crippen molar-refractivity contribution in [2.45, 2.75) is 38.3 Å². The van der Waals surface area contributed by atoms with E-state index in [1.807, 2.05) is 30.3 Å². The topological polar surface area (TPSA) is 55.4 Å². The van der Waals surface area contributed by atoms with Crippen LogP contribution in [-0.4, -0.2) is 23.2 Å². The minimum atomic E-state index is -0.446. The molecule has 1 aromatic carbocycles. The lowest BCUT2D eigenvalue weighted by molar-refractivity contribution is -0.121. The first-order valence-corrected chi connectivity index (χ1v) is 8.38. The van der Waals surface area contributed by atoms with Crippen molar-refractivity contribution in [3.8, 4) is 0 Å². The number of amides is 1. The molecule has 1 aliphatic carbocycles. The molecule has 114 valence electrons. The van der Waals surface area contributed by atoms with Crippen LogP contribution in [0.4, 0.5) is 4.79 Å². The number of rotatable bonds is 5. The zero-order chi connectivity index (χ0) is 15.1. The fourth-order valence-corrected chi connectivity index (χ4v) is 3.12. The van der Waals surface area contributed by atoms with Crippen LogP contribution in [-0.2, 0) is 16.1 Å². The third-order valence-electron chi connectivity index (χ3n) is 3.83. The number of nitrogens with one attached hydrogen (secondary N) is 1. The lowest BCUT2D eigenvalue weighted by Gasteiger charge is -2.30. The zero-order valence-corrected chi connectivity index (χ0v) is 13.5. The average Bonchev–Trinajstić information content (AvgIpc) is 2.54. The molecule has 2 rings (SSSR count). The predicted octanol–water partition coefficient (Wildman–Crippen LogP) is 3.44. The molecule has 1 aromatic rings. The Balaban J connectivity index is 1.84. The van der Waals surface area contributed by atoms with E-state index < -0.39 is 6.09 Å². The molecule has 0 saturated heterocycles. The van der Waals surface area contributed by atoms with Gasteiger partial charge in [-0.1, -0.05) is 59.1 Å². The van der Waals surface area contributed by atoms with Gasteiger partial charge in [-0.05, 0) is 18.4 Å². The fraction of sp³-hybridized carbons (Fsp3) is 0.500. The van der Waals surface area contributed by atoms with Crippen LogP contribution in [0.5, 0.6) is 0 Å². The molecule has 1 amide bonds. The summed E-state index contributed by atoms with van der Waals surface area (Å²) < 4.78 is 5.22. The van der Waals surface area contributed by atoms with Crippen LogP contribution in [0, 0.1) is 5.92 Å². The second-order valence-electron chi connectivity index (χ2n) is 5.30.